The van der Waals surface area contributed by atoms with Crippen molar-refractivity contribution in [2.75, 3.05) is 0 Å². The van der Waals surface area contributed by atoms with Gasteiger partial charge < -0.3 is 8.85 Å². The molecule has 0 radical (unpaired) electrons. The van der Waals surface area contributed by atoms with Gasteiger partial charge in [-0.3, -0.25) is 9.59 Å². The molecule has 0 aliphatic carbocycles. The van der Waals surface area contributed by atoms with Crippen LogP contribution in [0.15, 0.2) is 0 Å². The predicted molar refractivity (Wildman–Crippen MR) is 106 cm³/mol. The van der Waals surface area contributed by atoms with Gasteiger partial charge >= 0.3 is 8.56 Å². The molecule has 0 unspecified atom stereocenters. The monoisotopic (exact) mass is 372 g/mol. The first-order chi connectivity index (χ1) is 12.0. The zero-order chi connectivity index (χ0) is 19.0. The molecule has 0 spiro atoms. The molecule has 0 heterocycles. The van der Waals surface area contributed by atoms with Crippen LogP contribution >= 0.6 is 0 Å². The van der Waals surface area contributed by atoms with Gasteiger partial charge in [0, 0.05) is 25.9 Å². The third kappa shape index (κ3) is 14.1. The summed E-state index contributed by atoms with van der Waals surface area (Å²) < 4.78 is 11.3. The third-order valence-corrected chi connectivity index (χ3v) is 8.03. The first kappa shape index (κ1) is 24.2. The van der Waals surface area contributed by atoms with Crippen molar-refractivity contribution in [1.82, 2.24) is 0 Å². The smallest absolute Gasteiger partial charge is 0.464 e. The summed E-state index contributed by atoms with van der Waals surface area (Å²) >= 11 is 0. The van der Waals surface area contributed by atoms with Crippen molar-refractivity contribution in [3.05, 3.63) is 0 Å². The Morgan fingerprint density at radius 2 is 0.920 bits per heavy atom. The summed E-state index contributed by atoms with van der Waals surface area (Å²) in [4.78, 5) is 23.2. The third-order valence-electron chi connectivity index (χ3n) is 4.48. The van der Waals surface area contributed by atoms with Gasteiger partial charge in [-0.15, -0.1) is 0 Å². The number of carbonyl (C=O) groups excluding carboxylic acids is 2. The van der Waals surface area contributed by atoms with Crippen molar-refractivity contribution in [2.24, 2.45) is 0 Å². The maximum Gasteiger partial charge on any atom is 0.464 e. The molecule has 0 rings (SSSR count). The first-order valence-electron chi connectivity index (χ1n) is 10.3. The Hall–Kier alpha value is -0.843. The van der Waals surface area contributed by atoms with Crippen molar-refractivity contribution in [1.29, 1.82) is 0 Å². The van der Waals surface area contributed by atoms with E-state index in [9.17, 15) is 9.59 Å². The summed E-state index contributed by atoms with van der Waals surface area (Å²) in [6.07, 6.45) is 14.1. The summed E-state index contributed by atoms with van der Waals surface area (Å²) in [5.74, 6) is -0.630. The number of unbranched alkanes of at least 4 members (excludes halogenated alkanes) is 10. The van der Waals surface area contributed by atoms with Crippen LogP contribution in [0.3, 0.4) is 0 Å². The molecule has 148 valence electrons. The topological polar surface area (TPSA) is 52.6 Å². The van der Waals surface area contributed by atoms with Gasteiger partial charge in [-0.1, -0.05) is 78.1 Å². The SMILES string of the molecule is CCCCCCCC[Si](CCCCCCCC)(OC(C)=O)OC(C)=O. The molecule has 25 heavy (non-hydrogen) atoms. The lowest BCUT2D eigenvalue weighted by Gasteiger charge is -2.29. The zero-order valence-electron chi connectivity index (χ0n) is 17.0. The largest absolute Gasteiger partial charge is 0.485 e. The van der Waals surface area contributed by atoms with E-state index < -0.39 is 8.56 Å². The Kier molecular flexibility index (Phi) is 14.9. The highest BCUT2D eigenvalue weighted by Crippen LogP contribution is 2.27. The number of hydrogen-bond acceptors (Lipinski definition) is 4. The van der Waals surface area contributed by atoms with Gasteiger partial charge in [0.05, 0.1) is 0 Å². The van der Waals surface area contributed by atoms with Crippen molar-refractivity contribution >= 4 is 20.5 Å². The van der Waals surface area contributed by atoms with Crippen LogP contribution in [0, 0.1) is 0 Å². The minimum atomic E-state index is -2.76. The van der Waals surface area contributed by atoms with Crippen LogP contribution in [0.2, 0.25) is 12.1 Å². The number of hydrogen-bond donors (Lipinski definition) is 0. The molecule has 0 amide bonds. The molecule has 0 aliphatic heterocycles. The van der Waals surface area contributed by atoms with E-state index >= 15 is 0 Å². The molecule has 5 heteroatoms. The van der Waals surface area contributed by atoms with Crippen LogP contribution in [-0.2, 0) is 18.4 Å². The lowest BCUT2D eigenvalue weighted by Crippen LogP contribution is -2.44. The molecule has 0 bridgehead atoms. The van der Waals surface area contributed by atoms with Gasteiger partial charge in [0.2, 0.25) is 0 Å². The van der Waals surface area contributed by atoms with E-state index in [0.717, 1.165) is 37.8 Å². The van der Waals surface area contributed by atoms with E-state index in [1.54, 1.807) is 0 Å². The van der Waals surface area contributed by atoms with E-state index in [4.69, 9.17) is 8.85 Å². The highest BCUT2D eigenvalue weighted by atomic mass is 28.4. The highest BCUT2D eigenvalue weighted by molar-refractivity contribution is 6.70. The molecule has 0 aromatic carbocycles. The summed E-state index contributed by atoms with van der Waals surface area (Å²) in [5, 5.41) is 0. The first-order valence-corrected chi connectivity index (χ1v) is 12.6. The van der Waals surface area contributed by atoms with Crippen LogP contribution < -0.4 is 0 Å². The Labute approximate surface area is 156 Å². The van der Waals surface area contributed by atoms with Gasteiger partial charge in [-0.2, -0.15) is 0 Å². The van der Waals surface area contributed by atoms with E-state index in [1.165, 1.54) is 65.2 Å². The standard InChI is InChI=1S/C20H40O4Si/c1-5-7-9-11-13-15-17-25(23-19(3)21,24-20(4)22)18-16-14-12-10-8-6-2/h5-18H2,1-4H3. The van der Waals surface area contributed by atoms with E-state index in [2.05, 4.69) is 13.8 Å². The molecule has 4 nitrogen and oxygen atoms in total. The summed E-state index contributed by atoms with van der Waals surface area (Å²) in [6.45, 7) is 7.27. The minimum absolute atomic E-state index is 0.315. The Balaban J connectivity index is 4.52. The molecular weight excluding hydrogens is 332 g/mol. The molecule has 0 aromatic rings. The summed E-state index contributed by atoms with van der Waals surface area (Å²) in [7, 11) is -2.76. The Morgan fingerprint density at radius 3 is 1.24 bits per heavy atom. The maximum absolute atomic E-state index is 11.6. The zero-order valence-corrected chi connectivity index (χ0v) is 18.0. The van der Waals surface area contributed by atoms with Gasteiger partial charge in [-0.25, -0.2) is 0 Å². The average molecular weight is 373 g/mol. The Morgan fingerprint density at radius 1 is 0.600 bits per heavy atom. The molecular formula is C20H40O4Si. The van der Waals surface area contributed by atoms with Crippen LogP contribution in [0.4, 0.5) is 0 Å². The maximum atomic E-state index is 11.6. The molecule has 0 saturated heterocycles. The quantitative estimate of drug-likeness (QED) is 0.236. The highest BCUT2D eigenvalue weighted by Gasteiger charge is 2.42. The normalized spacial score (nSPS) is 11.4. The molecule has 0 aliphatic rings. The molecule has 0 fully saturated rings. The van der Waals surface area contributed by atoms with Crippen LogP contribution in [-0.4, -0.2) is 20.5 Å². The second-order valence-electron chi connectivity index (χ2n) is 7.13. The summed E-state index contributed by atoms with van der Waals surface area (Å²) in [6, 6.07) is 1.49. The van der Waals surface area contributed by atoms with Gasteiger partial charge in [0.25, 0.3) is 11.9 Å². The Bertz CT molecular complexity index is 324. The lowest BCUT2D eigenvalue weighted by molar-refractivity contribution is -0.139. The number of rotatable bonds is 16. The van der Waals surface area contributed by atoms with Crippen molar-refractivity contribution in [3.8, 4) is 0 Å². The van der Waals surface area contributed by atoms with Gasteiger partial charge in [0.1, 0.15) is 0 Å². The molecule has 0 N–H and O–H groups in total. The van der Waals surface area contributed by atoms with Gasteiger partial charge in [-0.05, 0) is 12.8 Å². The second-order valence-corrected chi connectivity index (χ2v) is 10.4. The fraction of sp³-hybridized carbons (Fsp3) is 0.900. The predicted octanol–water partition coefficient (Wildman–Crippen LogP) is 6.28. The van der Waals surface area contributed by atoms with Crippen molar-refractivity contribution in [3.63, 3.8) is 0 Å². The lowest BCUT2D eigenvalue weighted by atomic mass is 10.1. The van der Waals surface area contributed by atoms with E-state index in [1.807, 2.05) is 0 Å². The van der Waals surface area contributed by atoms with Crippen molar-refractivity contribution in [2.45, 2.75) is 117 Å². The van der Waals surface area contributed by atoms with E-state index in [-0.39, 0.29) is 11.9 Å². The van der Waals surface area contributed by atoms with Crippen LogP contribution in [0.1, 0.15) is 105 Å². The van der Waals surface area contributed by atoms with Crippen LogP contribution in [0.25, 0.3) is 0 Å². The fourth-order valence-corrected chi connectivity index (χ4v) is 6.55. The fourth-order valence-electron chi connectivity index (χ4n) is 3.22. The van der Waals surface area contributed by atoms with Gasteiger partial charge in [0.15, 0.2) is 0 Å². The molecule has 0 saturated carbocycles. The number of carbonyl (C=O) groups is 2. The molecule has 0 atom stereocenters. The molecule has 0 aromatic heterocycles. The van der Waals surface area contributed by atoms with Crippen molar-refractivity contribution < 1.29 is 18.4 Å². The minimum Gasteiger partial charge on any atom is -0.485 e. The average Bonchev–Trinajstić information content (AvgIpc) is 2.53. The van der Waals surface area contributed by atoms with Crippen LogP contribution in [0.5, 0.6) is 0 Å². The second kappa shape index (κ2) is 15.4. The summed E-state index contributed by atoms with van der Waals surface area (Å²) in [5.41, 5.74) is 0. The van der Waals surface area contributed by atoms with E-state index in [0.29, 0.717) is 0 Å².